The highest BCUT2D eigenvalue weighted by molar-refractivity contribution is 6.42. The zero-order valence-corrected chi connectivity index (χ0v) is 19.3. The summed E-state index contributed by atoms with van der Waals surface area (Å²) in [5.74, 6) is 1.02. The Bertz CT molecular complexity index is 1190. The van der Waals surface area contributed by atoms with Gasteiger partial charge >= 0.3 is 0 Å². The van der Waals surface area contributed by atoms with Crippen LogP contribution in [0.1, 0.15) is 18.5 Å². The van der Waals surface area contributed by atoms with Crippen molar-refractivity contribution in [1.29, 1.82) is 0 Å². The van der Waals surface area contributed by atoms with E-state index in [4.69, 9.17) is 39.5 Å². The number of hydrogen-bond acceptors (Lipinski definition) is 7. The van der Waals surface area contributed by atoms with Gasteiger partial charge in [-0.3, -0.25) is 9.79 Å². The molecule has 0 atom stereocenters. The summed E-state index contributed by atoms with van der Waals surface area (Å²) in [5, 5.41) is 5.66. The molecule has 0 bridgehead atoms. The molecule has 1 aromatic carbocycles. The third-order valence-corrected chi connectivity index (χ3v) is 5.88. The summed E-state index contributed by atoms with van der Waals surface area (Å²) >= 11 is 17.9. The zero-order valence-electron chi connectivity index (χ0n) is 17.1. The van der Waals surface area contributed by atoms with Crippen molar-refractivity contribution in [3.05, 3.63) is 67.8 Å². The third kappa shape index (κ3) is 5.03. The van der Waals surface area contributed by atoms with E-state index in [1.54, 1.807) is 43.9 Å². The molecule has 1 aliphatic heterocycles. The summed E-state index contributed by atoms with van der Waals surface area (Å²) in [5.41, 5.74) is 0.596. The molecule has 3 aromatic rings. The van der Waals surface area contributed by atoms with Gasteiger partial charge in [0.25, 0.3) is 5.56 Å². The molecule has 0 saturated carbocycles. The van der Waals surface area contributed by atoms with Crippen LogP contribution in [-0.4, -0.2) is 52.2 Å². The molecule has 4 rings (SSSR count). The maximum atomic E-state index is 12.8. The molecule has 0 amide bonds. The van der Waals surface area contributed by atoms with Gasteiger partial charge in [0.2, 0.25) is 5.95 Å². The molecule has 32 heavy (non-hydrogen) atoms. The summed E-state index contributed by atoms with van der Waals surface area (Å²) in [6.45, 7) is 1.44. The van der Waals surface area contributed by atoms with Gasteiger partial charge in [0.15, 0.2) is 5.75 Å². The first-order valence-corrected chi connectivity index (χ1v) is 11.0. The van der Waals surface area contributed by atoms with Crippen molar-refractivity contribution >= 4 is 47.0 Å². The lowest BCUT2D eigenvalue weighted by Gasteiger charge is -2.32. The van der Waals surface area contributed by atoms with Crippen molar-refractivity contribution in [2.45, 2.75) is 18.9 Å². The van der Waals surface area contributed by atoms with Crippen molar-refractivity contribution in [2.24, 2.45) is 4.99 Å². The molecule has 0 radical (unpaired) electrons. The Morgan fingerprint density at radius 2 is 1.81 bits per heavy atom. The summed E-state index contributed by atoms with van der Waals surface area (Å²) < 4.78 is 7.40. The van der Waals surface area contributed by atoms with Crippen molar-refractivity contribution in [3.63, 3.8) is 0 Å². The smallest absolute Gasteiger partial charge is 0.275 e. The van der Waals surface area contributed by atoms with Crippen molar-refractivity contribution in [3.8, 4) is 11.4 Å². The average molecular weight is 494 g/mol. The fraction of sp³-hybridized carbons (Fsp3) is 0.286. The monoisotopic (exact) mass is 492 g/mol. The molecule has 1 saturated heterocycles. The molecule has 0 N–H and O–H groups in total. The summed E-state index contributed by atoms with van der Waals surface area (Å²) in [6.07, 6.45) is 6.12. The first-order valence-electron chi connectivity index (χ1n) is 9.85. The Labute approximate surface area is 199 Å². The highest BCUT2D eigenvalue weighted by Gasteiger charge is 2.24. The van der Waals surface area contributed by atoms with Crippen LogP contribution in [-0.2, 0) is 0 Å². The largest absolute Gasteiger partial charge is 0.488 e. The molecule has 166 valence electrons. The molecule has 0 unspecified atom stereocenters. The van der Waals surface area contributed by atoms with Crippen LogP contribution in [0.5, 0.6) is 5.75 Å². The van der Waals surface area contributed by atoms with E-state index < -0.39 is 0 Å². The van der Waals surface area contributed by atoms with Gasteiger partial charge < -0.3 is 9.64 Å². The maximum absolute atomic E-state index is 12.8. The number of hydrogen-bond donors (Lipinski definition) is 0. The second kappa shape index (κ2) is 9.85. The predicted molar refractivity (Wildman–Crippen MR) is 126 cm³/mol. The number of aliphatic imine (C=N–C) groups is 1. The van der Waals surface area contributed by atoms with Crippen LogP contribution in [0, 0.1) is 0 Å². The number of aromatic nitrogens is 4. The van der Waals surface area contributed by atoms with Gasteiger partial charge in [-0.05, 0) is 18.2 Å². The summed E-state index contributed by atoms with van der Waals surface area (Å²) in [6, 6.07) is 6.29. The number of rotatable bonds is 5. The van der Waals surface area contributed by atoms with Crippen LogP contribution >= 0.6 is 34.8 Å². The first-order chi connectivity index (χ1) is 15.4. The molecule has 1 fully saturated rings. The van der Waals surface area contributed by atoms with Crippen LogP contribution in [0.15, 0.2) is 46.4 Å². The molecule has 0 aliphatic carbocycles. The van der Waals surface area contributed by atoms with E-state index in [-0.39, 0.29) is 11.7 Å². The van der Waals surface area contributed by atoms with Gasteiger partial charge in [0, 0.05) is 39.0 Å². The lowest BCUT2D eigenvalue weighted by molar-refractivity contribution is 0.169. The van der Waals surface area contributed by atoms with Gasteiger partial charge in [0.1, 0.15) is 11.8 Å². The standard InChI is InChI=1S/C21H19Cl3N6O2/c1-25-12-18-19(9-20(31)30(28-18)14-2-3-16(23)17(24)8-14)32-15-4-6-29(7-5-15)21-26-10-13(22)11-27-21/h2-3,8-12,15H,4-7H2,1H3. The van der Waals surface area contributed by atoms with E-state index in [1.165, 1.54) is 10.7 Å². The van der Waals surface area contributed by atoms with Crippen molar-refractivity contribution in [1.82, 2.24) is 19.7 Å². The number of benzene rings is 1. The van der Waals surface area contributed by atoms with E-state index in [0.29, 0.717) is 38.1 Å². The highest BCUT2D eigenvalue weighted by Crippen LogP contribution is 2.25. The Balaban J connectivity index is 1.52. The minimum Gasteiger partial charge on any atom is -0.488 e. The minimum atomic E-state index is -0.348. The van der Waals surface area contributed by atoms with Gasteiger partial charge in [-0.1, -0.05) is 34.8 Å². The highest BCUT2D eigenvalue weighted by atomic mass is 35.5. The lowest BCUT2D eigenvalue weighted by Crippen LogP contribution is -2.39. The Morgan fingerprint density at radius 1 is 1.09 bits per heavy atom. The van der Waals surface area contributed by atoms with Crippen LogP contribution in [0.25, 0.3) is 5.69 Å². The Kier molecular flexibility index (Phi) is 6.93. The van der Waals surface area contributed by atoms with E-state index in [2.05, 4.69) is 25.0 Å². The van der Waals surface area contributed by atoms with E-state index >= 15 is 0 Å². The van der Waals surface area contributed by atoms with Gasteiger partial charge in [0.05, 0.1) is 39.4 Å². The molecule has 3 heterocycles. The van der Waals surface area contributed by atoms with E-state index in [9.17, 15) is 4.79 Å². The second-order valence-corrected chi connectivity index (χ2v) is 8.39. The molecule has 11 heteroatoms. The fourth-order valence-corrected chi connectivity index (χ4v) is 3.77. The van der Waals surface area contributed by atoms with Gasteiger partial charge in [-0.15, -0.1) is 0 Å². The Hall–Kier alpha value is -2.68. The minimum absolute atomic E-state index is 0.0791. The normalized spacial score (nSPS) is 14.8. The van der Waals surface area contributed by atoms with Crippen molar-refractivity contribution in [2.75, 3.05) is 25.0 Å². The molecule has 2 aromatic heterocycles. The average Bonchev–Trinajstić information content (AvgIpc) is 2.79. The maximum Gasteiger partial charge on any atom is 0.275 e. The number of piperidine rings is 1. The van der Waals surface area contributed by atoms with Crippen LogP contribution in [0.4, 0.5) is 5.95 Å². The van der Waals surface area contributed by atoms with Crippen LogP contribution in [0.2, 0.25) is 15.1 Å². The van der Waals surface area contributed by atoms with Gasteiger partial charge in [-0.2, -0.15) is 9.78 Å². The van der Waals surface area contributed by atoms with Crippen LogP contribution < -0.4 is 15.2 Å². The molecule has 0 spiro atoms. The SMILES string of the molecule is CN=Cc1nn(-c2ccc(Cl)c(Cl)c2)c(=O)cc1OC1CCN(c2ncc(Cl)cn2)CC1. The Morgan fingerprint density at radius 3 is 2.47 bits per heavy atom. The van der Waals surface area contributed by atoms with Gasteiger partial charge in [-0.25, -0.2) is 9.97 Å². The van der Waals surface area contributed by atoms with E-state index in [0.717, 1.165) is 25.9 Å². The first kappa shape index (κ1) is 22.5. The number of ether oxygens (including phenoxy) is 1. The second-order valence-electron chi connectivity index (χ2n) is 7.14. The predicted octanol–water partition coefficient (Wildman–Crippen LogP) is 4.08. The number of nitrogens with zero attached hydrogens (tertiary/aromatic N) is 6. The third-order valence-electron chi connectivity index (χ3n) is 4.95. The van der Waals surface area contributed by atoms with E-state index in [1.807, 2.05) is 0 Å². The number of anilines is 1. The molecular weight excluding hydrogens is 475 g/mol. The molecular formula is C21H19Cl3N6O2. The molecule has 1 aliphatic rings. The van der Waals surface area contributed by atoms with Crippen LogP contribution in [0.3, 0.4) is 0 Å². The quantitative estimate of drug-likeness (QED) is 0.498. The topological polar surface area (TPSA) is 85.5 Å². The zero-order chi connectivity index (χ0) is 22.7. The summed E-state index contributed by atoms with van der Waals surface area (Å²) in [4.78, 5) is 27.4. The lowest BCUT2D eigenvalue weighted by atomic mass is 10.1. The molecule has 8 nitrogen and oxygen atoms in total. The number of halogens is 3. The fourth-order valence-electron chi connectivity index (χ4n) is 3.38. The van der Waals surface area contributed by atoms with Crippen molar-refractivity contribution < 1.29 is 4.74 Å². The summed E-state index contributed by atoms with van der Waals surface area (Å²) in [7, 11) is 1.63.